The van der Waals surface area contributed by atoms with E-state index in [2.05, 4.69) is 24.3 Å². The lowest BCUT2D eigenvalue weighted by Gasteiger charge is -2.18. The zero-order valence-corrected chi connectivity index (χ0v) is 11.2. The van der Waals surface area contributed by atoms with Gasteiger partial charge in [0, 0.05) is 12.8 Å². The Balaban J connectivity index is 2.03. The summed E-state index contributed by atoms with van der Waals surface area (Å²) in [5.74, 6) is 0.240. The summed E-state index contributed by atoms with van der Waals surface area (Å²) >= 11 is 0. The normalized spacial score (nSPS) is 19.6. The standard InChI is InChI=1S/C17H20O2/c18-12-11-16(14-7-3-1-4-8-14)13-17(19)15-9-5-2-6-10-15/h2-3,5,7-9,12,16H,1,4,6,10-11,13H2. The van der Waals surface area contributed by atoms with Crippen molar-refractivity contribution in [1.29, 1.82) is 0 Å². The van der Waals surface area contributed by atoms with Crippen LogP contribution in [0.1, 0.15) is 38.5 Å². The van der Waals surface area contributed by atoms with E-state index in [0.29, 0.717) is 12.8 Å². The van der Waals surface area contributed by atoms with Gasteiger partial charge in [0.2, 0.25) is 0 Å². The summed E-state index contributed by atoms with van der Waals surface area (Å²) < 4.78 is 0. The molecule has 1 atom stereocenters. The molecule has 2 nitrogen and oxygen atoms in total. The van der Waals surface area contributed by atoms with Gasteiger partial charge in [-0.25, -0.2) is 0 Å². The van der Waals surface area contributed by atoms with Crippen LogP contribution in [0.4, 0.5) is 0 Å². The van der Waals surface area contributed by atoms with Crippen LogP contribution in [0, 0.1) is 5.92 Å². The Morgan fingerprint density at radius 3 is 2.79 bits per heavy atom. The minimum atomic E-state index is 0.0494. The van der Waals surface area contributed by atoms with Crippen LogP contribution in [0.2, 0.25) is 0 Å². The zero-order valence-electron chi connectivity index (χ0n) is 11.2. The first-order valence-corrected chi connectivity index (χ1v) is 7.00. The average Bonchev–Trinajstić information content (AvgIpc) is 2.48. The minimum absolute atomic E-state index is 0.0494. The Morgan fingerprint density at radius 1 is 1.26 bits per heavy atom. The molecule has 0 N–H and O–H groups in total. The lowest BCUT2D eigenvalue weighted by atomic mass is 9.85. The van der Waals surface area contributed by atoms with Crippen LogP contribution >= 0.6 is 0 Å². The average molecular weight is 256 g/mol. The van der Waals surface area contributed by atoms with E-state index in [-0.39, 0.29) is 11.7 Å². The van der Waals surface area contributed by atoms with E-state index in [0.717, 1.165) is 43.1 Å². The summed E-state index contributed by atoms with van der Waals surface area (Å²) in [6.07, 6.45) is 18.0. The monoisotopic (exact) mass is 256 g/mol. The Hall–Kier alpha value is -1.70. The maximum atomic E-state index is 12.3. The van der Waals surface area contributed by atoms with Crippen molar-refractivity contribution in [2.45, 2.75) is 38.5 Å². The molecule has 1 unspecified atom stereocenters. The van der Waals surface area contributed by atoms with Gasteiger partial charge >= 0.3 is 0 Å². The van der Waals surface area contributed by atoms with Gasteiger partial charge in [-0.3, -0.25) is 4.79 Å². The Kier molecular flexibility index (Phi) is 5.08. The van der Waals surface area contributed by atoms with E-state index in [1.54, 1.807) is 0 Å². The highest BCUT2D eigenvalue weighted by Crippen LogP contribution is 2.26. The molecule has 0 aliphatic heterocycles. The van der Waals surface area contributed by atoms with Crippen molar-refractivity contribution >= 4 is 12.1 Å². The van der Waals surface area contributed by atoms with Gasteiger partial charge in [0.1, 0.15) is 6.29 Å². The number of Topliss-reactive ketones (excluding diaryl/α,β-unsaturated/α-hetero) is 1. The fourth-order valence-corrected chi connectivity index (χ4v) is 2.58. The molecule has 2 rings (SSSR count). The maximum Gasteiger partial charge on any atom is 0.159 e. The molecule has 19 heavy (non-hydrogen) atoms. The van der Waals surface area contributed by atoms with Crippen LogP contribution in [-0.4, -0.2) is 12.1 Å². The Bertz CT molecular complexity index is 464. The van der Waals surface area contributed by atoms with Gasteiger partial charge < -0.3 is 4.79 Å². The van der Waals surface area contributed by atoms with Crippen molar-refractivity contribution in [3.8, 4) is 0 Å². The number of carbonyl (C=O) groups excluding carboxylic acids is 2. The third kappa shape index (κ3) is 3.88. The lowest BCUT2D eigenvalue weighted by molar-refractivity contribution is -0.116. The molecule has 0 amide bonds. The van der Waals surface area contributed by atoms with E-state index in [9.17, 15) is 9.59 Å². The highest BCUT2D eigenvalue weighted by atomic mass is 16.1. The summed E-state index contributed by atoms with van der Waals surface area (Å²) in [4.78, 5) is 23.1. The summed E-state index contributed by atoms with van der Waals surface area (Å²) in [6, 6.07) is 0. The number of hydrogen-bond donors (Lipinski definition) is 0. The van der Waals surface area contributed by atoms with Crippen LogP contribution in [0.5, 0.6) is 0 Å². The second-order valence-electron chi connectivity index (χ2n) is 5.07. The van der Waals surface area contributed by atoms with Gasteiger partial charge in [-0.1, -0.05) is 36.5 Å². The molecule has 2 aliphatic rings. The molecule has 0 aromatic heterocycles. The van der Waals surface area contributed by atoms with Crippen LogP contribution in [-0.2, 0) is 9.59 Å². The SMILES string of the molecule is O=CCC(CC(=O)C1=CC=CCC1)C1=CCCC=C1. The molecule has 0 bridgehead atoms. The Morgan fingerprint density at radius 2 is 2.16 bits per heavy atom. The first kappa shape index (κ1) is 13.7. The van der Waals surface area contributed by atoms with Crippen molar-refractivity contribution in [3.05, 3.63) is 47.6 Å². The van der Waals surface area contributed by atoms with Crippen molar-refractivity contribution in [2.24, 2.45) is 5.92 Å². The van der Waals surface area contributed by atoms with Gasteiger partial charge in [-0.15, -0.1) is 0 Å². The number of hydrogen-bond acceptors (Lipinski definition) is 2. The fourth-order valence-electron chi connectivity index (χ4n) is 2.58. The molecular weight excluding hydrogens is 236 g/mol. The third-order valence-electron chi connectivity index (χ3n) is 3.68. The first-order chi connectivity index (χ1) is 9.31. The van der Waals surface area contributed by atoms with Crippen LogP contribution < -0.4 is 0 Å². The predicted molar refractivity (Wildman–Crippen MR) is 76.7 cm³/mol. The number of rotatable bonds is 6. The van der Waals surface area contributed by atoms with Gasteiger partial charge in [0.25, 0.3) is 0 Å². The van der Waals surface area contributed by atoms with Crippen molar-refractivity contribution in [3.63, 3.8) is 0 Å². The summed E-state index contributed by atoms with van der Waals surface area (Å²) in [5, 5.41) is 0. The first-order valence-electron chi connectivity index (χ1n) is 7.00. The second kappa shape index (κ2) is 7.03. The highest BCUT2D eigenvalue weighted by Gasteiger charge is 2.19. The molecule has 0 fully saturated rings. The van der Waals surface area contributed by atoms with Crippen molar-refractivity contribution in [2.75, 3.05) is 0 Å². The van der Waals surface area contributed by atoms with Gasteiger partial charge in [0.05, 0.1) is 0 Å². The number of allylic oxidation sites excluding steroid dienone is 8. The van der Waals surface area contributed by atoms with Crippen LogP contribution in [0.3, 0.4) is 0 Å². The van der Waals surface area contributed by atoms with Crippen LogP contribution in [0.25, 0.3) is 0 Å². The van der Waals surface area contributed by atoms with Gasteiger partial charge in [-0.05, 0) is 42.7 Å². The number of carbonyl (C=O) groups is 2. The predicted octanol–water partition coefficient (Wildman–Crippen LogP) is 3.70. The quantitative estimate of drug-likeness (QED) is 0.679. The summed E-state index contributed by atoms with van der Waals surface area (Å²) in [6.45, 7) is 0. The molecule has 0 spiro atoms. The Labute approximate surface area is 114 Å². The molecule has 2 heteroatoms. The molecule has 0 heterocycles. The van der Waals surface area contributed by atoms with E-state index >= 15 is 0 Å². The molecule has 0 saturated carbocycles. The van der Waals surface area contributed by atoms with E-state index in [4.69, 9.17) is 0 Å². The molecular formula is C17H20O2. The molecule has 2 aliphatic carbocycles. The van der Waals surface area contributed by atoms with Crippen molar-refractivity contribution in [1.82, 2.24) is 0 Å². The third-order valence-corrected chi connectivity index (χ3v) is 3.68. The molecule has 0 saturated heterocycles. The topological polar surface area (TPSA) is 34.1 Å². The highest BCUT2D eigenvalue weighted by molar-refractivity contribution is 5.96. The largest absolute Gasteiger partial charge is 0.303 e. The van der Waals surface area contributed by atoms with Crippen LogP contribution in [0.15, 0.2) is 47.6 Å². The van der Waals surface area contributed by atoms with Crippen molar-refractivity contribution < 1.29 is 9.59 Å². The number of aldehydes is 1. The van der Waals surface area contributed by atoms with Gasteiger partial charge in [-0.2, -0.15) is 0 Å². The number of ketones is 1. The summed E-state index contributed by atoms with van der Waals surface area (Å²) in [7, 11) is 0. The van der Waals surface area contributed by atoms with E-state index in [1.165, 1.54) is 0 Å². The van der Waals surface area contributed by atoms with E-state index in [1.807, 2.05) is 12.2 Å². The lowest BCUT2D eigenvalue weighted by Crippen LogP contribution is -2.14. The fraction of sp³-hybridized carbons (Fsp3) is 0.412. The smallest absolute Gasteiger partial charge is 0.159 e. The molecule has 0 aromatic rings. The zero-order chi connectivity index (χ0) is 13.5. The molecule has 0 aromatic carbocycles. The summed E-state index contributed by atoms with van der Waals surface area (Å²) in [5.41, 5.74) is 2.05. The maximum absolute atomic E-state index is 12.3. The van der Waals surface area contributed by atoms with Gasteiger partial charge in [0.15, 0.2) is 5.78 Å². The minimum Gasteiger partial charge on any atom is -0.303 e. The van der Waals surface area contributed by atoms with E-state index < -0.39 is 0 Å². The molecule has 100 valence electrons. The molecule has 0 radical (unpaired) electrons. The second-order valence-corrected chi connectivity index (χ2v) is 5.07.